The van der Waals surface area contributed by atoms with E-state index in [0.717, 1.165) is 18.3 Å². The van der Waals surface area contributed by atoms with Gasteiger partial charge in [0.15, 0.2) is 0 Å². The molecule has 3 atom stereocenters. The first kappa shape index (κ1) is 14.0. The second-order valence-electron chi connectivity index (χ2n) is 5.66. The largest absolute Gasteiger partial charge is 0.395 e. The van der Waals surface area contributed by atoms with Crippen LogP contribution in [0.2, 0.25) is 0 Å². The number of hydrogen-bond acceptors (Lipinski definition) is 2. The SMILES string of the molecule is CCC(CO)NC1CCCC(C(C)C)CC1. The summed E-state index contributed by atoms with van der Waals surface area (Å²) in [5, 5.41) is 12.8. The van der Waals surface area contributed by atoms with Crippen molar-refractivity contribution in [3.63, 3.8) is 0 Å². The number of hydrogen-bond donors (Lipinski definition) is 2. The normalized spacial score (nSPS) is 29.1. The van der Waals surface area contributed by atoms with Gasteiger partial charge in [-0.3, -0.25) is 0 Å². The van der Waals surface area contributed by atoms with Crippen LogP contribution in [0.15, 0.2) is 0 Å². The molecule has 0 aliphatic heterocycles. The molecule has 0 bridgehead atoms. The molecular formula is C14H29NO. The second-order valence-corrected chi connectivity index (χ2v) is 5.66. The molecule has 1 aliphatic rings. The first-order valence-corrected chi connectivity index (χ1v) is 7.04. The Morgan fingerprint density at radius 2 is 1.94 bits per heavy atom. The molecule has 3 unspecified atom stereocenters. The Kier molecular flexibility index (Phi) is 6.37. The quantitative estimate of drug-likeness (QED) is 0.708. The zero-order valence-electron chi connectivity index (χ0n) is 11.2. The van der Waals surface area contributed by atoms with E-state index in [9.17, 15) is 5.11 Å². The van der Waals surface area contributed by atoms with Crippen molar-refractivity contribution in [1.29, 1.82) is 0 Å². The van der Waals surface area contributed by atoms with Gasteiger partial charge in [-0.15, -0.1) is 0 Å². The van der Waals surface area contributed by atoms with Gasteiger partial charge in [-0.1, -0.05) is 33.6 Å². The molecule has 1 rings (SSSR count). The predicted octanol–water partition coefficient (Wildman–Crippen LogP) is 2.95. The fraction of sp³-hybridized carbons (Fsp3) is 1.00. The number of nitrogens with one attached hydrogen (secondary N) is 1. The van der Waals surface area contributed by atoms with Crippen LogP contribution in [0.1, 0.15) is 59.3 Å². The van der Waals surface area contributed by atoms with Crippen molar-refractivity contribution in [3.05, 3.63) is 0 Å². The maximum atomic E-state index is 9.20. The average molecular weight is 227 g/mol. The van der Waals surface area contributed by atoms with Crippen molar-refractivity contribution in [2.24, 2.45) is 11.8 Å². The maximum absolute atomic E-state index is 9.20. The summed E-state index contributed by atoms with van der Waals surface area (Å²) in [7, 11) is 0. The first-order chi connectivity index (χ1) is 7.67. The molecule has 16 heavy (non-hydrogen) atoms. The topological polar surface area (TPSA) is 32.3 Å². The lowest BCUT2D eigenvalue weighted by atomic mass is 9.89. The zero-order valence-corrected chi connectivity index (χ0v) is 11.2. The fourth-order valence-corrected chi connectivity index (χ4v) is 2.80. The van der Waals surface area contributed by atoms with Gasteiger partial charge in [-0.05, 0) is 37.5 Å². The molecule has 1 aliphatic carbocycles. The summed E-state index contributed by atoms with van der Waals surface area (Å²) in [6.07, 6.45) is 7.71. The summed E-state index contributed by atoms with van der Waals surface area (Å²) in [5.74, 6) is 1.75. The molecule has 2 heteroatoms. The Hall–Kier alpha value is -0.0800. The standard InChI is InChI=1S/C14H29NO/c1-4-13(10-16)15-14-7-5-6-12(8-9-14)11(2)3/h11-16H,4-10H2,1-3H3. The molecule has 1 fully saturated rings. The van der Waals surface area contributed by atoms with Crippen molar-refractivity contribution in [2.45, 2.75) is 71.4 Å². The van der Waals surface area contributed by atoms with Crippen LogP contribution in [0.5, 0.6) is 0 Å². The molecule has 0 aromatic heterocycles. The van der Waals surface area contributed by atoms with Gasteiger partial charge >= 0.3 is 0 Å². The number of aliphatic hydroxyl groups excluding tert-OH is 1. The summed E-state index contributed by atoms with van der Waals surface area (Å²) in [5.41, 5.74) is 0. The Labute approximate surface area is 101 Å². The summed E-state index contributed by atoms with van der Waals surface area (Å²) in [6.45, 7) is 7.12. The minimum atomic E-state index is 0.278. The first-order valence-electron chi connectivity index (χ1n) is 7.04. The molecule has 96 valence electrons. The maximum Gasteiger partial charge on any atom is 0.0584 e. The minimum absolute atomic E-state index is 0.278. The molecule has 0 aromatic carbocycles. The molecule has 0 heterocycles. The van der Waals surface area contributed by atoms with Gasteiger partial charge in [0, 0.05) is 12.1 Å². The zero-order chi connectivity index (χ0) is 12.0. The molecule has 0 aromatic rings. The van der Waals surface area contributed by atoms with Crippen molar-refractivity contribution in [3.8, 4) is 0 Å². The summed E-state index contributed by atoms with van der Waals surface area (Å²) < 4.78 is 0. The molecule has 0 saturated heterocycles. The Morgan fingerprint density at radius 1 is 1.19 bits per heavy atom. The van der Waals surface area contributed by atoms with Crippen LogP contribution in [-0.2, 0) is 0 Å². The smallest absolute Gasteiger partial charge is 0.0584 e. The van der Waals surface area contributed by atoms with E-state index >= 15 is 0 Å². The lowest BCUT2D eigenvalue weighted by Crippen LogP contribution is -2.39. The van der Waals surface area contributed by atoms with Crippen LogP contribution in [0, 0.1) is 11.8 Å². The van der Waals surface area contributed by atoms with Crippen LogP contribution in [0.3, 0.4) is 0 Å². The molecular weight excluding hydrogens is 198 g/mol. The Balaban J connectivity index is 2.35. The van der Waals surface area contributed by atoms with E-state index < -0.39 is 0 Å². The highest BCUT2D eigenvalue weighted by Gasteiger charge is 2.21. The average Bonchev–Trinajstić information content (AvgIpc) is 2.51. The van der Waals surface area contributed by atoms with E-state index in [1.165, 1.54) is 32.1 Å². The number of rotatable bonds is 5. The van der Waals surface area contributed by atoms with E-state index in [1.807, 2.05) is 0 Å². The van der Waals surface area contributed by atoms with Gasteiger partial charge in [0.05, 0.1) is 6.61 Å². The highest BCUT2D eigenvalue weighted by atomic mass is 16.3. The summed E-state index contributed by atoms with van der Waals surface area (Å²) in [6, 6.07) is 0.946. The van der Waals surface area contributed by atoms with E-state index in [-0.39, 0.29) is 6.61 Å². The van der Waals surface area contributed by atoms with Crippen molar-refractivity contribution in [2.75, 3.05) is 6.61 Å². The number of aliphatic hydroxyl groups is 1. The Morgan fingerprint density at radius 3 is 2.50 bits per heavy atom. The molecule has 0 amide bonds. The third-order valence-electron chi connectivity index (χ3n) is 4.14. The van der Waals surface area contributed by atoms with Crippen LogP contribution in [-0.4, -0.2) is 23.8 Å². The molecule has 1 saturated carbocycles. The van der Waals surface area contributed by atoms with E-state index in [1.54, 1.807) is 0 Å². The third kappa shape index (κ3) is 4.42. The van der Waals surface area contributed by atoms with E-state index in [0.29, 0.717) is 12.1 Å². The van der Waals surface area contributed by atoms with Crippen molar-refractivity contribution in [1.82, 2.24) is 5.32 Å². The van der Waals surface area contributed by atoms with Gasteiger partial charge in [-0.2, -0.15) is 0 Å². The van der Waals surface area contributed by atoms with Gasteiger partial charge < -0.3 is 10.4 Å². The minimum Gasteiger partial charge on any atom is -0.395 e. The van der Waals surface area contributed by atoms with Gasteiger partial charge in [0.25, 0.3) is 0 Å². The third-order valence-corrected chi connectivity index (χ3v) is 4.14. The van der Waals surface area contributed by atoms with E-state index in [4.69, 9.17) is 0 Å². The van der Waals surface area contributed by atoms with Crippen LogP contribution in [0.25, 0.3) is 0 Å². The van der Waals surface area contributed by atoms with Gasteiger partial charge in [0.1, 0.15) is 0 Å². The van der Waals surface area contributed by atoms with Crippen molar-refractivity contribution >= 4 is 0 Å². The highest BCUT2D eigenvalue weighted by molar-refractivity contribution is 4.79. The van der Waals surface area contributed by atoms with Gasteiger partial charge in [-0.25, -0.2) is 0 Å². The predicted molar refractivity (Wildman–Crippen MR) is 69.5 cm³/mol. The fourth-order valence-electron chi connectivity index (χ4n) is 2.80. The van der Waals surface area contributed by atoms with Crippen LogP contribution >= 0.6 is 0 Å². The lowest BCUT2D eigenvalue weighted by molar-refractivity contribution is 0.222. The monoisotopic (exact) mass is 227 g/mol. The second kappa shape index (κ2) is 7.29. The summed E-state index contributed by atoms with van der Waals surface area (Å²) in [4.78, 5) is 0. The summed E-state index contributed by atoms with van der Waals surface area (Å²) >= 11 is 0. The lowest BCUT2D eigenvalue weighted by Gasteiger charge is -2.23. The van der Waals surface area contributed by atoms with E-state index in [2.05, 4.69) is 26.1 Å². The van der Waals surface area contributed by atoms with Crippen LogP contribution in [0.4, 0.5) is 0 Å². The molecule has 2 nitrogen and oxygen atoms in total. The van der Waals surface area contributed by atoms with Gasteiger partial charge in [0.2, 0.25) is 0 Å². The molecule has 2 N–H and O–H groups in total. The molecule has 0 spiro atoms. The van der Waals surface area contributed by atoms with Crippen LogP contribution < -0.4 is 5.32 Å². The highest BCUT2D eigenvalue weighted by Crippen LogP contribution is 2.28. The Bertz CT molecular complexity index is 178. The van der Waals surface area contributed by atoms with Crippen molar-refractivity contribution < 1.29 is 5.11 Å². The molecule has 0 radical (unpaired) electrons.